The van der Waals surface area contributed by atoms with Gasteiger partial charge < -0.3 is 4.42 Å². The first-order valence-corrected chi connectivity index (χ1v) is 17.4. The molecule has 10 rings (SSSR count). The quantitative estimate of drug-likeness (QED) is 0.175. The highest BCUT2D eigenvalue weighted by atomic mass is 16.3. The van der Waals surface area contributed by atoms with E-state index in [-0.39, 0.29) is 23.5 Å². The van der Waals surface area contributed by atoms with Crippen LogP contribution in [0.15, 0.2) is 192 Å². The van der Waals surface area contributed by atoms with Crippen LogP contribution in [-0.2, 0) is 0 Å². The van der Waals surface area contributed by atoms with Gasteiger partial charge in [0.15, 0.2) is 17.5 Å². The van der Waals surface area contributed by atoms with E-state index in [2.05, 4.69) is 48.5 Å². The van der Waals surface area contributed by atoms with Gasteiger partial charge in [0.2, 0.25) is 0 Å². The topological polar surface area (TPSA) is 51.8 Å². The van der Waals surface area contributed by atoms with Crippen LogP contribution in [0.5, 0.6) is 0 Å². The molecule has 0 aliphatic heterocycles. The van der Waals surface area contributed by atoms with Crippen LogP contribution in [0.4, 0.5) is 0 Å². The molecule has 0 N–H and O–H groups in total. The molecule has 0 unspecified atom stereocenters. The molecule has 8 aromatic carbocycles. The van der Waals surface area contributed by atoms with Crippen LogP contribution in [0.1, 0.15) is 6.85 Å². The predicted molar refractivity (Wildman–Crippen MR) is 217 cm³/mol. The molecule has 0 saturated heterocycles. The van der Waals surface area contributed by atoms with E-state index in [1.165, 1.54) is 0 Å². The summed E-state index contributed by atoms with van der Waals surface area (Å²) < 4.78 is 49.0. The van der Waals surface area contributed by atoms with Gasteiger partial charge in [-0.25, -0.2) is 15.0 Å². The Morgan fingerprint density at radius 3 is 1.70 bits per heavy atom. The minimum absolute atomic E-state index is 0.0173. The van der Waals surface area contributed by atoms with Crippen LogP contribution in [0.2, 0.25) is 0 Å². The molecule has 0 saturated carbocycles. The standard InChI is InChI=1S/C49H31N3O/c1-4-13-32(14-5-1)33-23-25-36(26-24-33)48-50-47(35-17-8-3-9-18-35)51-49(52-48)39-27-28-40(42(30-39)34-15-6-2-7-16-34)41-21-12-22-44-46(41)43-29-37-19-10-11-20-38(37)31-45(43)53-44/h1-31H/i3D,8D,9D,17D,18D. The van der Waals surface area contributed by atoms with Crippen LogP contribution >= 0.6 is 0 Å². The van der Waals surface area contributed by atoms with Crippen molar-refractivity contribution in [1.82, 2.24) is 15.0 Å². The van der Waals surface area contributed by atoms with Gasteiger partial charge in [-0.1, -0.05) is 164 Å². The number of hydrogen-bond donors (Lipinski definition) is 0. The first-order valence-electron chi connectivity index (χ1n) is 19.9. The molecular formula is C49H31N3O. The molecule has 2 heterocycles. The summed E-state index contributed by atoms with van der Waals surface area (Å²) >= 11 is 0. The van der Waals surface area contributed by atoms with E-state index in [0.29, 0.717) is 22.8 Å². The van der Waals surface area contributed by atoms with Crippen LogP contribution in [0.3, 0.4) is 0 Å². The molecule has 0 aliphatic carbocycles. The summed E-state index contributed by atoms with van der Waals surface area (Å²) in [6.07, 6.45) is 0. The monoisotopic (exact) mass is 682 g/mol. The van der Waals surface area contributed by atoms with E-state index >= 15 is 0 Å². The Morgan fingerprint density at radius 2 is 0.962 bits per heavy atom. The summed E-state index contributed by atoms with van der Waals surface area (Å²) in [5, 5.41) is 4.27. The zero-order valence-electron chi connectivity index (χ0n) is 33.3. The number of rotatable bonds is 6. The van der Waals surface area contributed by atoms with Crippen molar-refractivity contribution in [2.75, 3.05) is 0 Å². The van der Waals surface area contributed by atoms with Gasteiger partial charge in [0.25, 0.3) is 0 Å². The number of furan rings is 1. The first kappa shape index (κ1) is 25.7. The Bertz CT molecular complexity index is 3190. The summed E-state index contributed by atoms with van der Waals surface area (Å²) in [4.78, 5) is 14.6. The second-order valence-electron chi connectivity index (χ2n) is 12.9. The number of benzene rings is 8. The van der Waals surface area contributed by atoms with Crippen molar-refractivity contribution in [3.05, 3.63) is 188 Å². The number of nitrogens with zero attached hydrogens (tertiary/aromatic N) is 3. The van der Waals surface area contributed by atoms with Crippen LogP contribution in [-0.4, -0.2) is 15.0 Å². The van der Waals surface area contributed by atoms with E-state index in [1.54, 1.807) is 0 Å². The Hall–Kier alpha value is -7.17. The van der Waals surface area contributed by atoms with Crippen molar-refractivity contribution in [1.29, 1.82) is 0 Å². The van der Waals surface area contributed by atoms with Crippen LogP contribution < -0.4 is 0 Å². The SMILES string of the molecule is [2H]c1c([2H])c([2H])c(-c2nc(-c3ccc(-c4ccccc4)cc3)nc(-c3ccc(-c4cccc5oc6cc7ccccc7cc6c45)c(-c4ccccc4)c3)n2)c([2H])c1[2H]. The van der Waals surface area contributed by atoms with Crippen LogP contribution in [0, 0.1) is 0 Å². The van der Waals surface area contributed by atoms with Gasteiger partial charge >= 0.3 is 0 Å². The molecule has 10 aromatic rings. The maximum absolute atomic E-state index is 8.79. The van der Waals surface area contributed by atoms with E-state index < -0.39 is 18.1 Å². The van der Waals surface area contributed by atoms with Crippen molar-refractivity contribution in [2.24, 2.45) is 0 Å². The largest absolute Gasteiger partial charge is 0.456 e. The molecular weight excluding hydrogens is 647 g/mol. The molecule has 0 amide bonds. The fraction of sp³-hybridized carbons (Fsp3) is 0. The Balaban J connectivity index is 1.19. The minimum atomic E-state index is -0.485. The van der Waals surface area contributed by atoms with Gasteiger partial charge in [0.1, 0.15) is 11.2 Å². The smallest absolute Gasteiger partial charge is 0.164 e. The lowest BCUT2D eigenvalue weighted by Crippen LogP contribution is -2.00. The first-order chi connectivity index (χ1) is 28.3. The van der Waals surface area contributed by atoms with E-state index in [1.807, 2.05) is 109 Å². The Labute approximate surface area is 313 Å². The molecule has 4 heteroatoms. The van der Waals surface area contributed by atoms with Gasteiger partial charge in [-0.05, 0) is 68.4 Å². The second kappa shape index (κ2) is 12.9. The van der Waals surface area contributed by atoms with Crippen molar-refractivity contribution in [3.8, 4) is 67.5 Å². The molecule has 0 atom stereocenters. The fourth-order valence-corrected chi connectivity index (χ4v) is 7.06. The predicted octanol–water partition coefficient (Wildman–Crippen LogP) is 12.9. The Kier molecular flexibility index (Phi) is 6.24. The maximum atomic E-state index is 8.79. The van der Waals surface area contributed by atoms with Crippen LogP contribution in [0.25, 0.3) is 100 Å². The summed E-state index contributed by atoms with van der Waals surface area (Å²) in [6, 6.07) is 50.5. The lowest BCUT2D eigenvalue weighted by atomic mass is 9.90. The third-order valence-corrected chi connectivity index (χ3v) is 9.63. The zero-order chi connectivity index (χ0) is 39.5. The number of aromatic nitrogens is 3. The van der Waals surface area contributed by atoms with Gasteiger partial charge in [-0.15, -0.1) is 0 Å². The van der Waals surface area contributed by atoms with E-state index in [9.17, 15) is 0 Å². The highest BCUT2D eigenvalue weighted by Crippen LogP contribution is 2.43. The second-order valence-corrected chi connectivity index (χ2v) is 12.9. The number of fused-ring (bicyclic) bond motifs is 4. The lowest BCUT2D eigenvalue weighted by Gasteiger charge is -2.14. The molecule has 2 aromatic heterocycles. The summed E-state index contributed by atoms with van der Waals surface area (Å²) in [6.45, 7) is 0. The summed E-state index contributed by atoms with van der Waals surface area (Å²) in [5.41, 5.74) is 8.82. The third-order valence-electron chi connectivity index (χ3n) is 9.63. The molecule has 0 radical (unpaired) electrons. The summed E-state index contributed by atoms with van der Waals surface area (Å²) in [7, 11) is 0. The number of hydrogen-bond acceptors (Lipinski definition) is 4. The molecule has 0 fully saturated rings. The Morgan fingerprint density at radius 1 is 0.377 bits per heavy atom. The van der Waals surface area contributed by atoms with E-state index in [0.717, 1.165) is 66.1 Å². The minimum Gasteiger partial charge on any atom is -0.456 e. The van der Waals surface area contributed by atoms with Gasteiger partial charge in [-0.2, -0.15) is 0 Å². The van der Waals surface area contributed by atoms with Gasteiger partial charge in [0.05, 0.1) is 6.85 Å². The van der Waals surface area contributed by atoms with Crippen molar-refractivity contribution >= 4 is 32.7 Å². The van der Waals surface area contributed by atoms with Crippen molar-refractivity contribution in [3.63, 3.8) is 0 Å². The molecule has 0 spiro atoms. The average Bonchev–Trinajstić information content (AvgIpc) is 3.65. The van der Waals surface area contributed by atoms with Crippen molar-refractivity contribution in [2.45, 2.75) is 0 Å². The lowest BCUT2D eigenvalue weighted by molar-refractivity contribution is 0.669. The van der Waals surface area contributed by atoms with Crippen molar-refractivity contribution < 1.29 is 11.3 Å². The molecule has 53 heavy (non-hydrogen) atoms. The normalized spacial score (nSPS) is 12.7. The average molecular weight is 683 g/mol. The summed E-state index contributed by atoms with van der Waals surface area (Å²) in [5.74, 6) is 0.580. The maximum Gasteiger partial charge on any atom is 0.164 e. The molecule has 248 valence electrons. The molecule has 4 nitrogen and oxygen atoms in total. The van der Waals surface area contributed by atoms with Gasteiger partial charge in [-0.3, -0.25) is 0 Å². The fourth-order valence-electron chi connectivity index (χ4n) is 7.06. The van der Waals surface area contributed by atoms with E-state index in [4.69, 9.17) is 26.2 Å². The highest BCUT2D eigenvalue weighted by Gasteiger charge is 2.19. The molecule has 0 aliphatic rings. The van der Waals surface area contributed by atoms with Gasteiger partial charge in [0, 0.05) is 27.5 Å². The zero-order valence-corrected chi connectivity index (χ0v) is 28.3. The third kappa shape index (κ3) is 5.63. The molecule has 0 bridgehead atoms. The highest BCUT2D eigenvalue weighted by molar-refractivity contribution is 6.16.